The molecule has 0 amide bonds. The van der Waals surface area contributed by atoms with Crippen LogP contribution in [0.3, 0.4) is 0 Å². The molecule has 0 radical (unpaired) electrons. The molecule has 0 aromatic heterocycles. The molecule has 0 bridgehead atoms. The van der Waals surface area contributed by atoms with Crippen molar-refractivity contribution in [3.63, 3.8) is 0 Å². The maximum Gasteiger partial charge on any atom is 0.303 e. The second-order valence-corrected chi connectivity index (χ2v) is 3.69. The zero-order valence-corrected chi connectivity index (χ0v) is 9.04. The summed E-state index contributed by atoms with van der Waals surface area (Å²) in [4.78, 5) is 21.7. The lowest BCUT2D eigenvalue weighted by atomic mass is 10.0. The summed E-state index contributed by atoms with van der Waals surface area (Å²) in [6.07, 6.45) is 0.364. The molecule has 15 heavy (non-hydrogen) atoms. The SMILES string of the molecule is CC(=O)c1cc(Cl)ccc1CCC(=O)O. The second kappa shape index (κ2) is 4.94. The first-order valence-electron chi connectivity index (χ1n) is 4.52. The Hall–Kier alpha value is -1.35. The van der Waals surface area contributed by atoms with Gasteiger partial charge in [-0.3, -0.25) is 9.59 Å². The van der Waals surface area contributed by atoms with Crippen LogP contribution in [-0.4, -0.2) is 16.9 Å². The molecule has 0 aliphatic rings. The minimum absolute atomic E-state index is 0.0158. The molecule has 0 aliphatic heterocycles. The van der Waals surface area contributed by atoms with Crippen LogP contribution in [0.1, 0.15) is 29.3 Å². The van der Waals surface area contributed by atoms with Crippen LogP contribution in [0, 0.1) is 0 Å². The summed E-state index contributed by atoms with van der Waals surface area (Å²) in [7, 11) is 0. The highest BCUT2D eigenvalue weighted by Gasteiger charge is 2.09. The van der Waals surface area contributed by atoms with Crippen LogP contribution in [0.5, 0.6) is 0 Å². The number of hydrogen-bond acceptors (Lipinski definition) is 2. The fourth-order valence-corrected chi connectivity index (χ4v) is 1.51. The monoisotopic (exact) mass is 226 g/mol. The zero-order chi connectivity index (χ0) is 11.4. The van der Waals surface area contributed by atoms with Gasteiger partial charge in [-0.1, -0.05) is 17.7 Å². The van der Waals surface area contributed by atoms with Crippen LogP contribution in [0.2, 0.25) is 5.02 Å². The van der Waals surface area contributed by atoms with E-state index in [2.05, 4.69) is 0 Å². The van der Waals surface area contributed by atoms with Gasteiger partial charge in [0.2, 0.25) is 0 Å². The molecule has 3 nitrogen and oxygen atoms in total. The second-order valence-electron chi connectivity index (χ2n) is 3.25. The standard InChI is InChI=1S/C11H11ClO3/c1-7(13)10-6-9(12)4-2-8(10)3-5-11(14)15/h2,4,6H,3,5H2,1H3,(H,14,15). The van der Waals surface area contributed by atoms with Crippen molar-refractivity contribution >= 4 is 23.4 Å². The highest BCUT2D eigenvalue weighted by atomic mass is 35.5. The first kappa shape index (κ1) is 11.7. The lowest BCUT2D eigenvalue weighted by Crippen LogP contribution is -2.03. The third kappa shape index (κ3) is 3.36. The van der Waals surface area contributed by atoms with Gasteiger partial charge in [-0.15, -0.1) is 0 Å². The summed E-state index contributed by atoms with van der Waals surface area (Å²) in [5.74, 6) is -0.975. The molecule has 0 fully saturated rings. The third-order valence-corrected chi connectivity index (χ3v) is 2.29. The fraction of sp³-hybridized carbons (Fsp3) is 0.273. The molecule has 0 spiro atoms. The van der Waals surface area contributed by atoms with E-state index in [0.717, 1.165) is 5.56 Å². The van der Waals surface area contributed by atoms with Gasteiger partial charge in [-0.05, 0) is 31.0 Å². The van der Waals surface area contributed by atoms with Crippen molar-refractivity contribution in [1.82, 2.24) is 0 Å². The summed E-state index contributed by atoms with van der Waals surface area (Å²) in [6, 6.07) is 4.92. The summed E-state index contributed by atoms with van der Waals surface area (Å²) in [5, 5.41) is 9.03. The molecule has 0 heterocycles. The number of ketones is 1. The van der Waals surface area contributed by atoms with E-state index in [9.17, 15) is 9.59 Å². The Morgan fingerprint density at radius 3 is 2.60 bits per heavy atom. The Balaban J connectivity index is 2.95. The number of benzene rings is 1. The van der Waals surface area contributed by atoms with Crippen molar-refractivity contribution in [2.75, 3.05) is 0 Å². The maximum absolute atomic E-state index is 11.3. The number of carbonyl (C=O) groups is 2. The molecule has 1 aromatic rings. The van der Waals surface area contributed by atoms with Crippen molar-refractivity contribution in [2.45, 2.75) is 19.8 Å². The molecule has 1 rings (SSSR count). The van der Waals surface area contributed by atoms with Crippen molar-refractivity contribution in [3.05, 3.63) is 34.3 Å². The van der Waals surface area contributed by atoms with Crippen LogP contribution in [-0.2, 0) is 11.2 Å². The van der Waals surface area contributed by atoms with Gasteiger partial charge >= 0.3 is 5.97 Å². The van der Waals surface area contributed by atoms with Gasteiger partial charge < -0.3 is 5.11 Å². The van der Waals surface area contributed by atoms with Crippen LogP contribution in [0.15, 0.2) is 18.2 Å². The summed E-state index contributed by atoms with van der Waals surface area (Å²) < 4.78 is 0. The quantitative estimate of drug-likeness (QED) is 0.803. The van der Waals surface area contributed by atoms with Crippen molar-refractivity contribution in [1.29, 1.82) is 0 Å². The molecule has 0 aliphatic carbocycles. The van der Waals surface area contributed by atoms with Crippen molar-refractivity contribution in [2.24, 2.45) is 0 Å². The topological polar surface area (TPSA) is 54.4 Å². The Kier molecular flexibility index (Phi) is 3.86. The van der Waals surface area contributed by atoms with E-state index in [1.54, 1.807) is 18.2 Å². The van der Waals surface area contributed by atoms with Gasteiger partial charge in [-0.25, -0.2) is 0 Å². The molecular formula is C11H11ClO3. The summed E-state index contributed by atoms with van der Waals surface area (Å²) >= 11 is 5.76. The third-order valence-electron chi connectivity index (χ3n) is 2.06. The van der Waals surface area contributed by atoms with Gasteiger partial charge in [0.15, 0.2) is 5.78 Å². The maximum atomic E-state index is 11.3. The number of carboxylic acid groups (broad SMARTS) is 1. The van der Waals surface area contributed by atoms with Crippen molar-refractivity contribution < 1.29 is 14.7 Å². The Bertz CT molecular complexity index is 399. The van der Waals surface area contributed by atoms with Gasteiger partial charge in [0.25, 0.3) is 0 Å². The fourth-order valence-electron chi connectivity index (χ4n) is 1.34. The zero-order valence-electron chi connectivity index (χ0n) is 8.29. The average molecular weight is 227 g/mol. The number of aryl methyl sites for hydroxylation is 1. The van der Waals surface area contributed by atoms with Gasteiger partial charge in [0.05, 0.1) is 0 Å². The first-order chi connectivity index (χ1) is 7.00. The Morgan fingerprint density at radius 1 is 1.40 bits per heavy atom. The van der Waals surface area contributed by atoms with E-state index in [1.165, 1.54) is 6.92 Å². The van der Waals surface area contributed by atoms with Crippen molar-refractivity contribution in [3.8, 4) is 0 Å². The number of hydrogen-bond donors (Lipinski definition) is 1. The molecule has 1 N–H and O–H groups in total. The van der Waals surface area contributed by atoms with Gasteiger partial charge in [0, 0.05) is 17.0 Å². The van der Waals surface area contributed by atoms with Crippen LogP contribution in [0.4, 0.5) is 0 Å². The lowest BCUT2D eigenvalue weighted by molar-refractivity contribution is -0.136. The predicted molar refractivity (Wildman–Crippen MR) is 57.4 cm³/mol. The number of Topliss-reactive ketones (excluding diaryl/α,β-unsaturated/α-hetero) is 1. The molecule has 1 aromatic carbocycles. The number of carbonyl (C=O) groups excluding carboxylic acids is 1. The molecule has 0 saturated heterocycles. The van der Waals surface area contributed by atoms with Crippen LogP contribution in [0.25, 0.3) is 0 Å². The highest BCUT2D eigenvalue weighted by Crippen LogP contribution is 2.18. The normalized spacial score (nSPS) is 10.0. The largest absolute Gasteiger partial charge is 0.481 e. The molecule has 0 saturated carbocycles. The van der Waals surface area contributed by atoms with E-state index in [1.807, 2.05) is 0 Å². The van der Waals surface area contributed by atoms with E-state index >= 15 is 0 Å². The van der Waals surface area contributed by atoms with Crippen LogP contribution >= 0.6 is 11.6 Å². The van der Waals surface area contributed by atoms with Gasteiger partial charge in [0.1, 0.15) is 0 Å². The molecule has 0 unspecified atom stereocenters. The van der Waals surface area contributed by atoms with E-state index in [-0.39, 0.29) is 12.2 Å². The molecule has 80 valence electrons. The van der Waals surface area contributed by atoms with Gasteiger partial charge in [-0.2, -0.15) is 0 Å². The minimum atomic E-state index is -0.876. The smallest absolute Gasteiger partial charge is 0.303 e. The van der Waals surface area contributed by atoms with E-state index in [4.69, 9.17) is 16.7 Å². The summed E-state index contributed by atoms with van der Waals surface area (Å²) in [6.45, 7) is 1.44. The first-order valence-corrected chi connectivity index (χ1v) is 4.89. The minimum Gasteiger partial charge on any atom is -0.481 e. The average Bonchev–Trinajstić information content (AvgIpc) is 2.15. The number of halogens is 1. The van der Waals surface area contributed by atoms with E-state index < -0.39 is 5.97 Å². The molecule has 4 heteroatoms. The summed E-state index contributed by atoms with van der Waals surface area (Å²) in [5.41, 5.74) is 1.23. The highest BCUT2D eigenvalue weighted by molar-refractivity contribution is 6.31. The Morgan fingerprint density at radius 2 is 2.07 bits per heavy atom. The van der Waals surface area contributed by atoms with Crippen LogP contribution < -0.4 is 0 Å². The molecular weight excluding hydrogens is 216 g/mol. The molecule has 0 atom stereocenters. The van der Waals surface area contributed by atoms with E-state index in [0.29, 0.717) is 17.0 Å². The Labute approximate surface area is 92.7 Å². The predicted octanol–water partition coefficient (Wildman–Crippen LogP) is 2.56. The lowest BCUT2D eigenvalue weighted by Gasteiger charge is -2.05. The number of carboxylic acids is 1. The number of rotatable bonds is 4. The number of aliphatic carboxylic acids is 1.